The minimum atomic E-state index is -1.56. The lowest BCUT2D eigenvalue weighted by atomic mass is 9.86. The monoisotopic (exact) mass is 464 g/mol. The van der Waals surface area contributed by atoms with Crippen molar-refractivity contribution in [2.45, 2.75) is 31.9 Å². The van der Waals surface area contributed by atoms with E-state index >= 15 is 0 Å². The summed E-state index contributed by atoms with van der Waals surface area (Å²) in [7, 11) is 1.55. The quantitative estimate of drug-likeness (QED) is 0.485. The van der Waals surface area contributed by atoms with E-state index < -0.39 is 17.2 Å². The number of nitrogens with zero attached hydrogens (tertiary/aromatic N) is 6. The lowest BCUT2D eigenvalue weighted by Gasteiger charge is -2.31. The van der Waals surface area contributed by atoms with Gasteiger partial charge in [0.15, 0.2) is 23.3 Å². The molecule has 4 aromatic rings. The summed E-state index contributed by atoms with van der Waals surface area (Å²) in [5, 5.41) is 15.8. The van der Waals surface area contributed by atoms with E-state index in [-0.39, 0.29) is 5.56 Å². The van der Waals surface area contributed by atoms with Crippen molar-refractivity contribution >= 4 is 12.2 Å². The molecule has 3 aromatic heterocycles. The van der Waals surface area contributed by atoms with E-state index in [1.807, 2.05) is 29.8 Å². The van der Waals surface area contributed by atoms with E-state index in [0.29, 0.717) is 42.6 Å². The molecule has 10 heteroatoms. The van der Waals surface area contributed by atoms with Gasteiger partial charge in [0, 0.05) is 12.7 Å². The summed E-state index contributed by atoms with van der Waals surface area (Å²) in [6.45, 7) is 2.46. The van der Waals surface area contributed by atoms with Crippen molar-refractivity contribution in [1.82, 2.24) is 29.3 Å². The van der Waals surface area contributed by atoms with Crippen molar-refractivity contribution in [1.29, 1.82) is 0 Å². The average molecular weight is 464 g/mol. The molecule has 1 aromatic carbocycles. The Hall–Kier alpha value is -3.92. The molecule has 0 saturated heterocycles. The summed E-state index contributed by atoms with van der Waals surface area (Å²) in [5.74, 6) is -0.888. The zero-order chi connectivity index (χ0) is 23.9. The van der Waals surface area contributed by atoms with E-state index in [9.17, 15) is 13.9 Å². The fraction of sp³-hybridized carbons (Fsp3) is 0.250. The first-order valence-corrected chi connectivity index (χ1v) is 10.7. The van der Waals surface area contributed by atoms with Crippen LogP contribution in [0.4, 0.5) is 8.78 Å². The van der Waals surface area contributed by atoms with Crippen LogP contribution in [-0.2, 0) is 12.1 Å². The molecular formula is C24H22F2N6O2. The molecule has 174 valence electrons. The zero-order valence-corrected chi connectivity index (χ0v) is 18.6. The SMILES string of the molecule is COc1nc(C=Cc2nc3n(n2)CCCC3(O)c2ccc(F)c(F)c2)ccc1-n1cnc(C)c1. The van der Waals surface area contributed by atoms with Crippen LogP contribution >= 0.6 is 0 Å². The van der Waals surface area contributed by atoms with E-state index in [4.69, 9.17) is 4.74 Å². The first-order valence-electron chi connectivity index (χ1n) is 10.7. The lowest BCUT2D eigenvalue weighted by molar-refractivity contribution is 0.0391. The van der Waals surface area contributed by atoms with Gasteiger partial charge in [-0.25, -0.2) is 28.4 Å². The molecule has 34 heavy (non-hydrogen) atoms. The molecule has 4 heterocycles. The van der Waals surface area contributed by atoms with Crippen LogP contribution in [-0.4, -0.2) is 41.5 Å². The minimum absolute atomic E-state index is 0.243. The highest BCUT2D eigenvalue weighted by molar-refractivity contribution is 5.65. The molecule has 1 aliphatic heterocycles. The van der Waals surface area contributed by atoms with Crippen molar-refractivity contribution in [3.05, 3.63) is 83.1 Å². The largest absolute Gasteiger partial charge is 0.479 e. The van der Waals surface area contributed by atoms with Gasteiger partial charge >= 0.3 is 0 Å². The van der Waals surface area contributed by atoms with E-state index in [0.717, 1.165) is 23.5 Å². The summed E-state index contributed by atoms with van der Waals surface area (Å²) >= 11 is 0. The normalized spacial score (nSPS) is 17.8. The minimum Gasteiger partial charge on any atom is -0.479 e. The first-order chi connectivity index (χ1) is 16.4. The Balaban J connectivity index is 1.44. The van der Waals surface area contributed by atoms with Crippen LogP contribution < -0.4 is 4.74 Å². The van der Waals surface area contributed by atoms with Crippen molar-refractivity contribution in [3.63, 3.8) is 0 Å². The van der Waals surface area contributed by atoms with E-state index in [1.54, 1.807) is 30.3 Å². The highest BCUT2D eigenvalue weighted by Gasteiger charge is 2.40. The average Bonchev–Trinajstić information content (AvgIpc) is 3.46. The molecular weight excluding hydrogens is 442 g/mol. The highest BCUT2D eigenvalue weighted by Crippen LogP contribution is 2.37. The van der Waals surface area contributed by atoms with Gasteiger partial charge in [-0.2, -0.15) is 5.10 Å². The second-order valence-electron chi connectivity index (χ2n) is 8.13. The topological polar surface area (TPSA) is 90.9 Å². The van der Waals surface area contributed by atoms with Crippen LogP contribution in [0.15, 0.2) is 42.9 Å². The maximum atomic E-state index is 13.8. The van der Waals surface area contributed by atoms with Crippen LogP contribution in [0.2, 0.25) is 0 Å². The fourth-order valence-electron chi connectivity index (χ4n) is 4.12. The number of imidazole rings is 1. The van der Waals surface area contributed by atoms with Crippen LogP contribution in [0.3, 0.4) is 0 Å². The number of aryl methyl sites for hydroxylation is 2. The standard InChI is InChI=1S/C24H22F2N6O2/c1-15-13-31(14-27-15)20-8-5-17(28-22(20)34-2)6-9-21-29-23-24(33,10-3-11-32(23)30-21)16-4-7-18(25)19(26)12-16/h4-9,12-14,33H,3,10-11H2,1-2H3. The van der Waals surface area contributed by atoms with Crippen LogP contribution in [0.1, 0.15) is 41.4 Å². The summed E-state index contributed by atoms with van der Waals surface area (Å²) in [6, 6.07) is 7.09. The maximum Gasteiger partial charge on any atom is 0.238 e. The predicted molar refractivity (Wildman–Crippen MR) is 120 cm³/mol. The third-order valence-electron chi connectivity index (χ3n) is 5.81. The Bertz CT molecular complexity index is 1400. The number of halogens is 2. The Morgan fingerprint density at radius 2 is 1.97 bits per heavy atom. The van der Waals surface area contributed by atoms with Gasteiger partial charge < -0.3 is 14.4 Å². The Morgan fingerprint density at radius 1 is 1.12 bits per heavy atom. The highest BCUT2D eigenvalue weighted by atomic mass is 19.2. The second kappa shape index (κ2) is 8.45. The number of aromatic nitrogens is 6. The maximum absolute atomic E-state index is 13.8. The number of aliphatic hydroxyl groups is 1. The predicted octanol–water partition coefficient (Wildman–Crippen LogP) is 3.65. The van der Waals surface area contributed by atoms with E-state index in [2.05, 4.69) is 20.1 Å². The molecule has 0 spiro atoms. The molecule has 1 aliphatic rings. The molecule has 0 saturated carbocycles. The lowest BCUT2D eigenvalue weighted by Crippen LogP contribution is -2.35. The number of methoxy groups -OCH3 is 1. The smallest absolute Gasteiger partial charge is 0.238 e. The molecule has 1 unspecified atom stereocenters. The number of pyridine rings is 1. The van der Waals surface area contributed by atoms with Crippen LogP contribution in [0, 0.1) is 18.6 Å². The molecule has 0 amide bonds. The third kappa shape index (κ3) is 3.86. The number of hydrogen-bond acceptors (Lipinski definition) is 6. The first kappa shape index (κ1) is 21.9. The van der Waals surface area contributed by atoms with Crippen molar-refractivity contribution in [2.75, 3.05) is 7.11 Å². The molecule has 1 N–H and O–H groups in total. The molecule has 0 aliphatic carbocycles. The number of rotatable bonds is 5. The zero-order valence-electron chi connectivity index (χ0n) is 18.6. The summed E-state index contributed by atoms with van der Waals surface area (Å²) in [6.07, 6.45) is 7.93. The van der Waals surface area contributed by atoms with Crippen molar-refractivity contribution < 1.29 is 18.6 Å². The van der Waals surface area contributed by atoms with E-state index in [1.165, 1.54) is 6.07 Å². The Labute approximate surface area is 194 Å². The second-order valence-corrected chi connectivity index (χ2v) is 8.13. The van der Waals surface area contributed by atoms with Gasteiger partial charge in [0.1, 0.15) is 11.3 Å². The van der Waals surface area contributed by atoms with Gasteiger partial charge in [-0.15, -0.1) is 0 Å². The molecule has 0 radical (unpaired) electrons. The summed E-state index contributed by atoms with van der Waals surface area (Å²) < 4.78 is 36.1. The van der Waals surface area contributed by atoms with Crippen LogP contribution in [0.5, 0.6) is 5.88 Å². The third-order valence-corrected chi connectivity index (χ3v) is 5.81. The van der Waals surface area contributed by atoms with Gasteiger partial charge in [0.2, 0.25) is 5.88 Å². The molecule has 8 nitrogen and oxygen atoms in total. The summed E-state index contributed by atoms with van der Waals surface area (Å²) in [4.78, 5) is 13.2. The number of benzene rings is 1. The fourth-order valence-corrected chi connectivity index (χ4v) is 4.12. The van der Waals surface area contributed by atoms with Gasteiger partial charge in [-0.1, -0.05) is 6.07 Å². The number of fused-ring (bicyclic) bond motifs is 1. The molecule has 0 fully saturated rings. The van der Waals surface area contributed by atoms with Crippen molar-refractivity contribution in [3.8, 4) is 11.6 Å². The number of ether oxygens (including phenoxy) is 1. The Morgan fingerprint density at radius 3 is 2.71 bits per heavy atom. The summed E-state index contributed by atoms with van der Waals surface area (Å²) in [5.41, 5.74) is 0.947. The molecule has 0 bridgehead atoms. The van der Waals surface area contributed by atoms with Crippen LogP contribution in [0.25, 0.3) is 17.8 Å². The Kier molecular flexibility index (Phi) is 5.45. The van der Waals surface area contributed by atoms with Gasteiger partial charge in [-0.3, -0.25) is 0 Å². The molecule has 5 rings (SSSR count). The number of hydrogen-bond donors (Lipinski definition) is 1. The van der Waals surface area contributed by atoms with Gasteiger partial charge in [-0.05, 0) is 61.7 Å². The van der Waals surface area contributed by atoms with Crippen molar-refractivity contribution in [2.24, 2.45) is 0 Å². The van der Waals surface area contributed by atoms with Gasteiger partial charge in [0.25, 0.3) is 0 Å². The van der Waals surface area contributed by atoms with Gasteiger partial charge in [0.05, 0.1) is 24.8 Å². The molecule has 1 atom stereocenters.